The summed E-state index contributed by atoms with van der Waals surface area (Å²) in [5.41, 5.74) is -0.942. The van der Waals surface area contributed by atoms with Gasteiger partial charge in [-0.25, -0.2) is 9.59 Å². The lowest BCUT2D eigenvalue weighted by molar-refractivity contribution is -0.179. The Balaban J connectivity index is 1.68. The van der Waals surface area contributed by atoms with Crippen molar-refractivity contribution < 1.29 is 42.9 Å². The Morgan fingerprint density at radius 1 is 0.830 bits per heavy atom. The number of ketones is 1. The van der Waals surface area contributed by atoms with Gasteiger partial charge in [-0.05, 0) is 66.4 Å². The molecule has 2 aromatic carbocycles. The van der Waals surface area contributed by atoms with Crippen molar-refractivity contribution in [1.82, 2.24) is 0 Å². The van der Waals surface area contributed by atoms with Crippen LogP contribution >= 0.6 is 0 Å². The van der Waals surface area contributed by atoms with E-state index in [0.717, 1.165) is 0 Å². The zero-order valence-electron chi connectivity index (χ0n) is 27.7. The third-order valence-corrected chi connectivity index (χ3v) is 10.1. The van der Waals surface area contributed by atoms with Gasteiger partial charge in [-0.3, -0.25) is 14.4 Å². The molecule has 9 nitrogen and oxygen atoms in total. The molecule has 0 aliphatic heterocycles. The Hall–Kier alpha value is -4.53. The lowest BCUT2D eigenvalue weighted by Crippen LogP contribution is -2.55. The first-order chi connectivity index (χ1) is 22.2. The molecule has 0 heterocycles. The molecule has 47 heavy (non-hydrogen) atoms. The number of esters is 4. The van der Waals surface area contributed by atoms with E-state index in [9.17, 15) is 24.0 Å². The number of hydrogen-bond donors (Lipinski definition) is 0. The highest BCUT2D eigenvalue weighted by Gasteiger charge is 2.66. The Kier molecular flexibility index (Phi) is 9.31. The van der Waals surface area contributed by atoms with E-state index in [1.807, 2.05) is 6.08 Å². The number of carbonyl (C=O) groups is 5. The highest BCUT2D eigenvalue weighted by molar-refractivity contribution is 6.03. The second-order valence-electron chi connectivity index (χ2n) is 13.7. The molecular weight excluding hydrogens is 600 g/mol. The van der Waals surface area contributed by atoms with Gasteiger partial charge in [0, 0.05) is 25.8 Å². The van der Waals surface area contributed by atoms with E-state index in [0.29, 0.717) is 17.6 Å². The molecule has 0 amide bonds. The van der Waals surface area contributed by atoms with Gasteiger partial charge in [-0.1, -0.05) is 69.8 Å². The van der Waals surface area contributed by atoms with Crippen LogP contribution in [-0.4, -0.2) is 53.6 Å². The fraction of sp³-hybridized carbons (Fsp3) is 0.447. The number of carbonyl (C=O) groups excluding carboxylic acids is 5. The molecule has 5 rings (SSSR count). The summed E-state index contributed by atoms with van der Waals surface area (Å²) in [6.07, 6.45) is -1.13. The number of allylic oxidation sites excluding steroid dienone is 1. The fourth-order valence-corrected chi connectivity index (χ4v) is 7.64. The van der Waals surface area contributed by atoms with Crippen LogP contribution in [0.25, 0.3) is 0 Å². The van der Waals surface area contributed by atoms with E-state index in [1.165, 1.54) is 13.8 Å². The average Bonchev–Trinajstić information content (AvgIpc) is 3.41. The van der Waals surface area contributed by atoms with Crippen molar-refractivity contribution in [3.63, 3.8) is 0 Å². The monoisotopic (exact) mass is 642 g/mol. The van der Waals surface area contributed by atoms with E-state index < -0.39 is 65.4 Å². The highest BCUT2D eigenvalue weighted by Crippen LogP contribution is 2.63. The van der Waals surface area contributed by atoms with Gasteiger partial charge < -0.3 is 18.9 Å². The molecule has 0 saturated heterocycles. The Morgan fingerprint density at radius 3 is 1.91 bits per heavy atom. The molecule has 8 atom stereocenters. The van der Waals surface area contributed by atoms with E-state index in [2.05, 4.69) is 20.4 Å². The summed E-state index contributed by atoms with van der Waals surface area (Å²) in [6, 6.07) is 16.9. The maximum absolute atomic E-state index is 14.7. The molecule has 0 aromatic heterocycles. The summed E-state index contributed by atoms with van der Waals surface area (Å²) in [4.78, 5) is 67.3. The molecule has 0 spiro atoms. The van der Waals surface area contributed by atoms with Crippen LogP contribution in [0.3, 0.4) is 0 Å². The number of benzene rings is 2. The molecule has 2 aromatic rings. The van der Waals surface area contributed by atoms with Crippen LogP contribution in [0, 0.1) is 29.1 Å². The van der Waals surface area contributed by atoms with Crippen LogP contribution in [0.4, 0.5) is 0 Å². The van der Waals surface area contributed by atoms with Gasteiger partial charge in [0.25, 0.3) is 0 Å². The molecular formula is C38H42O9. The minimum Gasteiger partial charge on any atom is -0.458 e. The molecule has 9 heteroatoms. The maximum Gasteiger partial charge on any atom is 0.338 e. The predicted molar refractivity (Wildman–Crippen MR) is 172 cm³/mol. The average molecular weight is 643 g/mol. The van der Waals surface area contributed by atoms with E-state index >= 15 is 0 Å². The predicted octanol–water partition coefficient (Wildman–Crippen LogP) is 6.07. The lowest BCUT2D eigenvalue weighted by atomic mass is 9.76. The molecule has 248 valence electrons. The van der Waals surface area contributed by atoms with Crippen LogP contribution in [-0.2, 0) is 33.3 Å². The minimum atomic E-state index is -1.89. The molecule has 0 radical (unpaired) electrons. The lowest BCUT2D eigenvalue weighted by Gasteiger charge is -2.40. The minimum absolute atomic E-state index is 0.00893. The summed E-state index contributed by atoms with van der Waals surface area (Å²) < 4.78 is 24.3. The normalized spacial score (nSPS) is 31.2. The molecule has 2 fully saturated rings. The van der Waals surface area contributed by atoms with Crippen molar-refractivity contribution >= 4 is 29.7 Å². The quantitative estimate of drug-likeness (QED) is 0.210. The summed E-state index contributed by atoms with van der Waals surface area (Å²) in [6.45, 7) is 14.4. The maximum atomic E-state index is 14.7. The van der Waals surface area contributed by atoms with Gasteiger partial charge in [0.1, 0.15) is 18.3 Å². The van der Waals surface area contributed by atoms with Crippen LogP contribution in [0.1, 0.15) is 75.1 Å². The number of hydrogen-bond acceptors (Lipinski definition) is 9. The summed E-state index contributed by atoms with van der Waals surface area (Å²) in [5, 5.41) is 0. The first-order valence-corrected chi connectivity index (χ1v) is 16.0. The van der Waals surface area contributed by atoms with E-state index in [4.69, 9.17) is 18.9 Å². The molecule has 0 unspecified atom stereocenters. The smallest absolute Gasteiger partial charge is 0.338 e. The Bertz CT molecular complexity index is 1610. The van der Waals surface area contributed by atoms with Gasteiger partial charge in [0.15, 0.2) is 5.60 Å². The number of ether oxygens (including phenoxy) is 4. The second-order valence-corrected chi connectivity index (χ2v) is 13.7. The number of Topliss-reactive ketones (excluding diaryl/α,β-unsaturated/α-hetero) is 1. The van der Waals surface area contributed by atoms with Crippen molar-refractivity contribution in [3.05, 3.63) is 95.6 Å². The van der Waals surface area contributed by atoms with Gasteiger partial charge >= 0.3 is 23.9 Å². The molecule has 3 aliphatic rings. The molecule has 2 saturated carbocycles. The summed E-state index contributed by atoms with van der Waals surface area (Å²) >= 11 is 0. The van der Waals surface area contributed by atoms with Gasteiger partial charge in [-0.15, -0.1) is 0 Å². The number of fused-ring (bicyclic) bond motifs is 2. The molecule has 3 aliphatic carbocycles. The summed E-state index contributed by atoms with van der Waals surface area (Å²) in [5.74, 6) is -4.93. The van der Waals surface area contributed by atoms with Crippen molar-refractivity contribution in [1.29, 1.82) is 0 Å². The third-order valence-electron chi connectivity index (χ3n) is 10.1. The zero-order chi connectivity index (χ0) is 34.3. The van der Waals surface area contributed by atoms with Crippen LogP contribution in [0.15, 0.2) is 84.5 Å². The largest absolute Gasteiger partial charge is 0.458 e. The third kappa shape index (κ3) is 6.53. The Morgan fingerprint density at radius 2 is 1.38 bits per heavy atom. The van der Waals surface area contributed by atoms with Crippen molar-refractivity contribution in [2.24, 2.45) is 29.1 Å². The summed E-state index contributed by atoms with van der Waals surface area (Å²) in [7, 11) is 0. The first-order valence-electron chi connectivity index (χ1n) is 16.0. The van der Waals surface area contributed by atoms with Gasteiger partial charge in [0.2, 0.25) is 5.78 Å². The van der Waals surface area contributed by atoms with Crippen LogP contribution in [0.5, 0.6) is 0 Å². The Labute approximate surface area is 275 Å². The second kappa shape index (κ2) is 12.9. The van der Waals surface area contributed by atoms with Crippen LogP contribution in [0.2, 0.25) is 0 Å². The zero-order valence-corrected chi connectivity index (χ0v) is 27.7. The topological polar surface area (TPSA) is 122 Å². The van der Waals surface area contributed by atoms with Crippen molar-refractivity contribution in [3.8, 4) is 0 Å². The highest BCUT2D eigenvalue weighted by atomic mass is 16.6. The van der Waals surface area contributed by atoms with Crippen molar-refractivity contribution in [2.75, 3.05) is 0 Å². The fourth-order valence-electron chi connectivity index (χ4n) is 7.64. The van der Waals surface area contributed by atoms with E-state index in [-0.39, 0.29) is 34.8 Å². The van der Waals surface area contributed by atoms with Crippen molar-refractivity contribution in [2.45, 2.75) is 78.3 Å². The van der Waals surface area contributed by atoms with Crippen LogP contribution < -0.4 is 0 Å². The first kappa shape index (κ1) is 33.8. The molecule has 0 bridgehead atoms. The number of rotatable bonds is 6. The SMILES string of the molecule is C=C1[C@@H](OC(C)=O)[C@@H]2[C@@H](OC(=O)c3ccccc3)[C@H](C)C[C@]2(OC(C)=O)C(=O)C(C)=C[C@H]2[C@H](C[C@H]1OC(=O)c1ccccc1)C2(C)C. The van der Waals surface area contributed by atoms with Gasteiger partial charge in [0.05, 0.1) is 17.0 Å². The van der Waals surface area contributed by atoms with E-state index in [1.54, 1.807) is 74.5 Å². The molecule has 0 N–H and O–H groups in total. The van der Waals surface area contributed by atoms with Gasteiger partial charge in [-0.2, -0.15) is 0 Å². The standard InChI is InChI=1S/C38H42O9/c1-21-18-28-29(37(28,6)7)19-30(45-35(42)26-14-10-8-11-15-26)23(3)33(44-24(4)39)31-32(46-36(43)27-16-12-9-13-17-27)22(2)20-38(31,34(21)41)47-25(5)40/h8-18,22,28-33H,3,19-20H2,1-2,4-7H3/t22-,28+,29+,30-,31+,32+,33-,38-/m1/s1.